The number of fused-ring (bicyclic) bond motifs is 3. The van der Waals surface area contributed by atoms with Crippen LogP contribution in [0.2, 0.25) is 0 Å². The molecule has 0 amide bonds. The molecule has 2 heteroatoms. The first kappa shape index (κ1) is 44.2. The molecule has 2 bridgehead atoms. The van der Waals surface area contributed by atoms with Gasteiger partial charge in [-0.05, 0) is 123 Å². The van der Waals surface area contributed by atoms with E-state index in [2.05, 4.69) is 302 Å². The normalized spacial score (nSPS) is 14.3. The Balaban J connectivity index is 0.996. The summed E-state index contributed by atoms with van der Waals surface area (Å²) in [7, 11) is -3.10. The van der Waals surface area contributed by atoms with Gasteiger partial charge in [0.25, 0.3) is 0 Å². The van der Waals surface area contributed by atoms with E-state index in [0.717, 1.165) is 0 Å². The summed E-state index contributed by atoms with van der Waals surface area (Å²) in [6.07, 6.45) is 0. The fourth-order valence-electron chi connectivity index (χ4n) is 13.7. The third kappa shape index (κ3) is 6.71. The minimum atomic E-state index is -3.10. The maximum absolute atomic E-state index is 3.10. The lowest BCUT2D eigenvalue weighted by Gasteiger charge is -2.47. The molecule has 2 unspecified atom stereocenters. The van der Waals surface area contributed by atoms with Crippen molar-refractivity contribution in [3.05, 3.63) is 331 Å². The number of nitrogens with zero attached hydrogens (tertiary/aromatic N) is 1. The van der Waals surface area contributed by atoms with Crippen molar-refractivity contribution in [2.24, 2.45) is 0 Å². The van der Waals surface area contributed by atoms with Crippen LogP contribution in [-0.2, 0) is 0 Å². The van der Waals surface area contributed by atoms with Crippen LogP contribution in [0.15, 0.2) is 297 Å². The molecule has 0 saturated heterocycles. The van der Waals surface area contributed by atoms with E-state index in [-0.39, 0.29) is 11.8 Å². The molecule has 0 fully saturated rings. The molecule has 12 aromatic carbocycles. The molecular weight excluding hydrogens is 931 g/mol. The van der Waals surface area contributed by atoms with Crippen LogP contribution in [0.25, 0.3) is 72.0 Å². The molecule has 356 valence electrons. The minimum absolute atomic E-state index is 0.0307. The van der Waals surface area contributed by atoms with Gasteiger partial charge in [-0.15, -0.1) is 0 Å². The summed E-state index contributed by atoms with van der Waals surface area (Å²) in [4.78, 5) is 0. The second kappa shape index (κ2) is 18.0. The van der Waals surface area contributed by atoms with Crippen LogP contribution in [-0.4, -0.2) is 12.6 Å². The van der Waals surface area contributed by atoms with Gasteiger partial charge < -0.3 is 4.57 Å². The molecule has 2 atom stereocenters. The van der Waals surface area contributed by atoms with E-state index < -0.39 is 8.07 Å². The lowest BCUT2D eigenvalue weighted by atomic mass is 9.60. The fraction of sp³-hybridized carbons (Fsp3) is 0.0270. The zero-order valence-corrected chi connectivity index (χ0v) is 42.9. The SMILES string of the molecule is c1ccc(-c2cccc([Si](c3ccccc3)(c3ccccc3)c3cccc4c3C3c5ccccc5C4c4cccc(-n5c6ccccc6c6cc(-c7c(-c8ccccc8)cccc7-c7ccccc7)ccc65)c43)c2)cc1. The first-order chi connectivity index (χ1) is 37.8. The molecule has 0 N–H and O–H groups in total. The molecule has 1 nitrogen and oxygen atoms in total. The fourth-order valence-corrected chi connectivity index (χ4v) is 18.8. The van der Waals surface area contributed by atoms with Crippen LogP contribution in [0.3, 0.4) is 0 Å². The van der Waals surface area contributed by atoms with Gasteiger partial charge in [0, 0.05) is 22.6 Å². The third-order valence-corrected chi connectivity index (χ3v) is 21.6. The number of benzene rings is 12. The summed E-state index contributed by atoms with van der Waals surface area (Å²) in [6, 6.07) is 112. The number of hydrogen-bond acceptors (Lipinski definition) is 0. The van der Waals surface area contributed by atoms with Crippen molar-refractivity contribution in [1.82, 2.24) is 4.57 Å². The second-order valence-electron chi connectivity index (χ2n) is 20.6. The highest BCUT2D eigenvalue weighted by Crippen LogP contribution is 2.57. The van der Waals surface area contributed by atoms with Gasteiger partial charge in [0.1, 0.15) is 0 Å². The Labute approximate surface area is 445 Å². The molecule has 13 aromatic rings. The number of rotatable bonds is 9. The first-order valence-electron chi connectivity index (χ1n) is 26.7. The van der Waals surface area contributed by atoms with Crippen LogP contribution >= 0.6 is 0 Å². The molecule has 1 heterocycles. The van der Waals surface area contributed by atoms with Crippen molar-refractivity contribution < 1.29 is 0 Å². The summed E-state index contributed by atoms with van der Waals surface area (Å²) < 4.78 is 2.60. The number of hydrogen-bond donors (Lipinski definition) is 0. The van der Waals surface area contributed by atoms with Crippen molar-refractivity contribution in [2.45, 2.75) is 11.8 Å². The maximum Gasteiger partial charge on any atom is 0.179 e. The second-order valence-corrected chi connectivity index (χ2v) is 24.3. The topological polar surface area (TPSA) is 4.93 Å². The monoisotopic (exact) mass is 981 g/mol. The smallest absolute Gasteiger partial charge is 0.179 e. The highest BCUT2D eigenvalue weighted by molar-refractivity contribution is 7.20. The zero-order valence-electron chi connectivity index (χ0n) is 41.9. The highest BCUT2D eigenvalue weighted by Gasteiger charge is 2.50. The standard InChI is InChI=1S/C74H51NSi/c1-6-24-50(25-7-1)53-30-20-35-57(48-53)76(55-31-12-4-13-32-55,56-33-14-5-15-34-56)69-45-23-42-64-71-61-37-16-17-38-62(61)74(73(64)69)72-63(71)41-22-44-68(72)75-66-43-19-18-36-60(66)65-49-54(46-47-67(65)75)70-58(51-26-8-2-9-27-51)39-21-40-59(70)52-28-10-3-11-29-52/h1-49,71,74H. The number of aromatic nitrogens is 1. The van der Waals surface area contributed by atoms with Crippen LogP contribution in [0, 0.1) is 0 Å². The van der Waals surface area contributed by atoms with E-state index in [1.165, 1.54) is 126 Å². The van der Waals surface area contributed by atoms with Crippen LogP contribution in [0.4, 0.5) is 0 Å². The van der Waals surface area contributed by atoms with Crippen molar-refractivity contribution in [1.29, 1.82) is 0 Å². The Morgan fingerprint density at radius 2 is 0.750 bits per heavy atom. The molecular formula is C74H51NSi. The van der Waals surface area contributed by atoms with Crippen molar-refractivity contribution in [3.63, 3.8) is 0 Å². The summed E-state index contributed by atoms with van der Waals surface area (Å²) in [6.45, 7) is 0. The average molecular weight is 982 g/mol. The quantitative estimate of drug-likeness (QED) is 0.100. The van der Waals surface area contributed by atoms with Crippen LogP contribution in [0.1, 0.15) is 45.2 Å². The lowest BCUT2D eigenvalue weighted by molar-refractivity contribution is 0.752. The lowest BCUT2D eigenvalue weighted by Crippen LogP contribution is -2.75. The summed E-state index contributed by atoms with van der Waals surface area (Å²) >= 11 is 0. The first-order valence-corrected chi connectivity index (χ1v) is 28.7. The van der Waals surface area contributed by atoms with E-state index in [4.69, 9.17) is 0 Å². The van der Waals surface area contributed by atoms with Gasteiger partial charge in [-0.2, -0.15) is 0 Å². The van der Waals surface area contributed by atoms with E-state index in [1.807, 2.05) is 0 Å². The zero-order chi connectivity index (χ0) is 50.2. The van der Waals surface area contributed by atoms with Gasteiger partial charge in [-0.25, -0.2) is 0 Å². The van der Waals surface area contributed by atoms with Crippen molar-refractivity contribution >= 4 is 50.6 Å². The van der Waals surface area contributed by atoms with Crippen molar-refractivity contribution in [2.75, 3.05) is 0 Å². The van der Waals surface area contributed by atoms with Crippen LogP contribution < -0.4 is 20.7 Å². The largest absolute Gasteiger partial charge is 0.309 e. The molecule has 3 aliphatic carbocycles. The van der Waals surface area contributed by atoms with Gasteiger partial charge in [0.2, 0.25) is 0 Å². The Hall–Kier alpha value is -9.34. The van der Waals surface area contributed by atoms with E-state index in [1.54, 1.807) is 0 Å². The Morgan fingerprint density at radius 3 is 1.41 bits per heavy atom. The maximum atomic E-state index is 2.60. The molecule has 1 aromatic heterocycles. The highest BCUT2D eigenvalue weighted by atomic mass is 28.3. The van der Waals surface area contributed by atoms with Crippen molar-refractivity contribution in [3.8, 4) is 50.2 Å². The Kier molecular flexibility index (Phi) is 10.4. The molecule has 0 spiro atoms. The molecule has 0 aliphatic heterocycles. The molecule has 0 saturated carbocycles. The molecule has 3 aliphatic rings. The van der Waals surface area contributed by atoms with E-state index >= 15 is 0 Å². The van der Waals surface area contributed by atoms with E-state index in [9.17, 15) is 0 Å². The predicted octanol–water partition coefficient (Wildman–Crippen LogP) is 15.8. The van der Waals surface area contributed by atoms with E-state index in [0.29, 0.717) is 0 Å². The molecule has 76 heavy (non-hydrogen) atoms. The number of para-hydroxylation sites is 1. The molecule has 16 rings (SSSR count). The van der Waals surface area contributed by atoms with Gasteiger partial charge in [0.05, 0.1) is 16.7 Å². The van der Waals surface area contributed by atoms with Crippen LogP contribution in [0.5, 0.6) is 0 Å². The van der Waals surface area contributed by atoms with Gasteiger partial charge in [-0.3, -0.25) is 0 Å². The Morgan fingerprint density at radius 1 is 0.276 bits per heavy atom. The summed E-state index contributed by atoms with van der Waals surface area (Å²) in [5.74, 6) is 0.0301. The minimum Gasteiger partial charge on any atom is -0.309 e. The van der Waals surface area contributed by atoms with Gasteiger partial charge in [0.15, 0.2) is 8.07 Å². The molecule has 0 radical (unpaired) electrons. The Bertz CT molecular complexity index is 4230. The predicted molar refractivity (Wildman–Crippen MR) is 321 cm³/mol. The summed E-state index contributed by atoms with van der Waals surface area (Å²) in [5, 5.41) is 8.08. The van der Waals surface area contributed by atoms with Gasteiger partial charge >= 0.3 is 0 Å². The summed E-state index contributed by atoms with van der Waals surface area (Å²) in [5.41, 5.74) is 21.9. The van der Waals surface area contributed by atoms with Gasteiger partial charge in [-0.1, -0.05) is 273 Å². The average Bonchev–Trinajstić information content (AvgIpc) is 3.87. The third-order valence-electron chi connectivity index (χ3n) is 16.7.